The molecule has 0 amide bonds. The molecule has 4 aromatic carbocycles. The van der Waals surface area contributed by atoms with Gasteiger partial charge in [-0.2, -0.15) is 5.10 Å². The topological polar surface area (TPSA) is 24.4 Å². The Morgan fingerprint density at radius 1 is 0.655 bits per heavy atom. The van der Waals surface area contributed by atoms with E-state index in [9.17, 15) is 0 Å². The second-order valence-electron chi connectivity index (χ2n) is 6.44. The van der Waals surface area contributed by atoms with Crippen LogP contribution in [0.5, 0.6) is 0 Å². The van der Waals surface area contributed by atoms with Crippen LogP contribution in [0.2, 0.25) is 0 Å². The number of rotatable bonds is 6. The normalized spacial score (nSPS) is 11.1. The maximum absolute atomic E-state index is 4.49. The van der Waals surface area contributed by atoms with E-state index in [0.29, 0.717) is 0 Å². The molecule has 0 aliphatic carbocycles. The number of anilines is 1. The van der Waals surface area contributed by atoms with E-state index in [1.54, 1.807) is 0 Å². The lowest BCUT2D eigenvalue weighted by Gasteiger charge is -2.21. The summed E-state index contributed by atoms with van der Waals surface area (Å²) in [6.45, 7) is 0. The van der Waals surface area contributed by atoms with Crippen molar-refractivity contribution in [1.29, 1.82) is 0 Å². The molecule has 0 atom stereocenters. The molecule has 1 N–H and O–H groups in total. The first-order valence-corrected chi connectivity index (χ1v) is 11.5. The van der Waals surface area contributed by atoms with E-state index in [0.717, 1.165) is 15.7 Å². The summed E-state index contributed by atoms with van der Waals surface area (Å²) in [7, 11) is -0.667. The van der Waals surface area contributed by atoms with Crippen molar-refractivity contribution in [2.45, 2.75) is 0 Å². The van der Waals surface area contributed by atoms with Gasteiger partial charge >= 0.3 is 0 Å². The van der Waals surface area contributed by atoms with E-state index in [4.69, 9.17) is 0 Å². The van der Waals surface area contributed by atoms with Gasteiger partial charge in [0.25, 0.3) is 0 Å². The number of halogens is 1. The van der Waals surface area contributed by atoms with Crippen LogP contribution in [0, 0.1) is 0 Å². The molecule has 0 radical (unpaired) electrons. The molecule has 0 unspecified atom stereocenters. The molecule has 142 valence electrons. The maximum atomic E-state index is 4.49. The number of hydrogen-bond donors (Lipinski definition) is 1. The van der Waals surface area contributed by atoms with Crippen LogP contribution in [-0.4, -0.2) is 6.21 Å². The highest BCUT2D eigenvalue weighted by atomic mass is 79.9. The molecule has 2 nitrogen and oxygen atoms in total. The minimum atomic E-state index is -0.667. The summed E-state index contributed by atoms with van der Waals surface area (Å²) >= 11 is 3.46. The largest absolute Gasteiger partial charge is 0.279 e. The summed E-state index contributed by atoms with van der Waals surface area (Å²) in [6, 6.07) is 37.9. The van der Waals surface area contributed by atoms with Gasteiger partial charge in [-0.25, -0.2) is 0 Å². The van der Waals surface area contributed by atoms with Crippen molar-refractivity contribution in [3.8, 4) is 0 Å². The zero-order valence-corrected chi connectivity index (χ0v) is 18.2. The fourth-order valence-corrected chi connectivity index (χ4v) is 5.77. The van der Waals surface area contributed by atoms with Crippen LogP contribution in [0.25, 0.3) is 0 Å². The summed E-state index contributed by atoms with van der Waals surface area (Å²) in [5.74, 6) is 0. The van der Waals surface area contributed by atoms with Crippen LogP contribution in [0.4, 0.5) is 5.69 Å². The van der Waals surface area contributed by atoms with Gasteiger partial charge in [0.15, 0.2) is 0 Å². The number of hydrazone groups is 1. The smallest absolute Gasteiger partial charge is 0.0562 e. The molecule has 4 heteroatoms. The third-order valence-corrected chi connectivity index (χ3v) is 7.49. The Hall–Kier alpha value is -2.74. The highest BCUT2D eigenvalue weighted by Gasteiger charge is 2.18. The van der Waals surface area contributed by atoms with E-state index in [1.165, 1.54) is 15.9 Å². The molecule has 0 aliphatic rings. The Balaban J connectivity index is 1.69. The molecule has 0 fully saturated rings. The fourth-order valence-electron chi connectivity index (χ4n) is 3.08. The standard InChI is InChI=1S/C25H20BrN2P/c26-21-15-17-22(18-16-21)28-27-19-20-9-7-8-14-25(20)29(23-10-3-1-4-11-23)24-12-5-2-6-13-24/h1-19,28H. The summed E-state index contributed by atoms with van der Waals surface area (Å²) in [5.41, 5.74) is 5.20. The Bertz CT molecular complexity index is 1040. The number of benzene rings is 4. The lowest BCUT2D eigenvalue weighted by molar-refractivity contribution is 1.35. The van der Waals surface area contributed by atoms with E-state index in [1.807, 2.05) is 30.5 Å². The molecule has 4 rings (SSSR count). The quantitative estimate of drug-likeness (QED) is 0.225. The van der Waals surface area contributed by atoms with Gasteiger partial charge in [-0.15, -0.1) is 0 Å². The molecular weight excluding hydrogens is 439 g/mol. The van der Waals surface area contributed by atoms with E-state index in [-0.39, 0.29) is 0 Å². The SMILES string of the molecule is Brc1ccc(NN=Cc2ccccc2P(c2ccccc2)c2ccccc2)cc1. The Morgan fingerprint density at radius 2 is 1.21 bits per heavy atom. The van der Waals surface area contributed by atoms with E-state index < -0.39 is 7.92 Å². The second-order valence-corrected chi connectivity index (χ2v) is 9.54. The lowest BCUT2D eigenvalue weighted by atomic mass is 10.2. The van der Waals surface area contributed by atoms with E-state index >= 15 is 0 Å². The third kappa shape index (κ3) is 5.00. The first kappa shape index (κ1) is 19.6. The minimum Gasteiger partial charge on any atom is -0.279 e. The minimum absolute atomic E-state index is 0.667. The van der Waals surface area contributed by atoms with Gasteiger partial charge in [0.05, 0.1) is 11.9 Å². The third-order valence-electron chi connectivity index (χ3n) is 4.45. The van der Waals surface area contributed by atoms with Crippen molar-refractivity contribution >= 4 is 51.7 Å². The molecule has 0 heterocycles. The average Bonchev–Trinajstić information content (AvgIpc) is 2.78. The molecule has 0 saturated carbocycles. The highest BCUT2D eigenvalue weighted by molar-refractivity contribution is 9.10. The first-order valence-electron chi connectivity index (χ1n) is 9.35. The fraction of sp³-hybridized carbons (Fsp3) is 0. The first-order chi connectivity index (χ1) is 14.3. The summed E-state index contributed by atoms with van der Waals surface area (Å²) in [5, 5.41) is 8.44. The zero-order chi connectivity index (χ0) is 19.9. The monoisotopic (exact) mass is 458 g/mol. The number of nitrogens with zero attached hydrogens (tertiary/aromatic N) is 1. The molecule has 4 aromatic rings. The van der Waals surface area contributed by atoms with Gasteiger partial charge in [0, 0.05) is 10.0 Å². The van der Waals surface area contributed by atoms with Crippen LogP contribution < -0.4 is 21.3 Å². The average molecular weight is 459 g/mol. The second kappa shape index (κ2) is 9.65. The molecular formula is C25H20BrN2P. The van der Waals surface area contributed by atoms with Crippen LogP contribution in [-0.2, 0) is 0 Å². The van der Waals surface area contributed by atoms with Crippen molar-refractivity contribution in [3.63, 3.8) is 0 Å². The van der Waals surface area contributed by atoms with Crippen LogP contribution in [0.3, 0.4) is 0 Å². The van der Waals surface area contributed by atoms with Crippen molar-refractivity contribution in [3.05, 3.63) is 119 Å². The molecule has 0 bridgehead atoms. The molecule has 29 heavy (non-hydrogen) atoms. The Morgan fingerprint density at radius 3 is 1.83 bits per heavy atom. The Labute approximate surface area is 181 Å². The molecule has 0 aliphatic heterocycles. The van der Waals surface area contributed by atoms with Crippen LogP contribution >= 0.6 is 23.9 Å². The summed E-state index contributed by atoms with van der Waals surface area (Å²) in [4.78, 5) is 0. The molecule has 0 aromatic heterocycles. The van der Waals surface area contributed by atoms with Gasteiger partial charge < -0.3 is 0 Å². The highest BCUT2D eigenvalue weighted by Crippen LogP contribution is 2.33. The number of hydrogen-bond acceptors (Lipinski definition) is 2. The van der Waals surface area contributed by atoms with Gasteiger partial charge in [0.2, 0.25) is 0 Å². The van der Waals surface area contributed by atoms with Crippen molar-refractivity contribution < 1.29 is 0 Å². The van der Waals surface area contributed by atoms with Gasteiger partial charge in [-0.1, -0.05) is 101 Å². The lowest BCUT2D eigenvalue weighted by Crippen LogP contribution is -2.23. The van der Waals surface area contributed by atoms with Crippen molar-refractivity contribution in [2.75, 3.05) is 5.43 Å². The molecule has 0 spiro atoms. The van der Waals surface area contributed by atoms with Crippen molar-refractivity contribution in [1.82, 2.24) is 0 Å². The predicted octanol–water partition coefficient (Wildman–Crippen LogP) is 5.65. The number of nitrogens with one attached hydrogen (secondary N) is 1. The zero-order valence-electron chi connectivity index (χ0n) is 15.7. The van der Waals surface area contributed by atoms with Crippen LogP contribution in [0.1, 0.15) is 5.56 Å². The van der Waals surface area contributed by atoms with Gasteiger partial charge in [0.1, 0.15) is 0 Å². The predicted molar refractivity (Wildman–Crippen MR) is 131 cm³/mol. The molecule has 0 saturated heterocycles. The van der Waals surface area contributed by atoms with Crippen molar-refractivity contribution in [2.24, 2.45) is 5.10 Å². The summed E-state index contributed by atoms with van der Waals surface area (Å²) < 4.78 is 1.05. The maximum Gasteiger partial charge on any atom is 0.0562 e. The van der Waals surface area contributed by atoms with Gasteiger partial charge in [-0.05, 0) is 48.1 Å². The van der Waals surface area contributed by atoms with E-state index in [2.05, 4.69) is 111 Å². The van der Waals surface area contributed by atoms with Gasteiger partial charge in [-0.3, -0.25) is 5.43 Å². The summed E-state index contributed by atoms with van der Waals surface area (Å²) in [6.07, 6.45) is 1.92. The Kier molecular flexibility index (Phi) is 6.51. The van der Waals surface area contributed by atoms with Crippen LogP contribution in [0.15, 0.2) is 119 Å².